The third kappa shape index (κ3) is 9.51. The minimum Gasteiger partial charge on any atom is -0.463 e. The Labute approximate surface area is 93.7 Å². The van der Waals surface area contributed by atoms with Gasteiger partial charge in [0.25, 0.3) is 0 Å². The molecule has 0 aliphatic carbocycles. The second-order valence-corrected chi connectivity index (χ2v) is 4.71. The third-order valence-corrected chi connectivity index (χ3v) is 2.09. The van der Waals surface area contributed by atoms with Gasteiger partial charge in [-0.05, 0) is 46.5 Å². The van der Waals surface area contributed by atoms with E-state index in [1.165, 1.54) is 5.57 Å². The fourth-order valence-corrected chi connectivity index (χ4v) is 1.35. The number of esters is 1. The molecule has 0 spiro atoms. The van der Waals surface area contributed by atoms with Crippen LogP contribution in [0.5, 0.6) is 0 Å². The minimum absolute atomic E-state index is 0.00230. The molecule has 0 aromatic heterocycles. The van der Waals surface area contributed by atoms with Crippen molar-refractivity contribution in [3.8, 4) is 0 Å². The summed E-state index contributed by atoms with van der Waals surface area (Å²) in [4.78, 5) is 11.3. The maximum absolute atomic E-state index is 11.3. The van der Waals surface area contributed by atoms with Crippen molar-refractivity contribution < 1.29 is 9.53 Å². The highest BCUT2D eigenvalue weighted by Crippen LogP contribution is 2.13. The molecular weight excluding hydrogens is 188 g/mol. The Hall–Kier alpha value is -0.790. The average Bonchev–Trinajstić information content (AvgIpc) is 2.00. The number of ether oxygens (including phenoxy) is 1. The lowest BCUT2D eigenvalue weighted by Gasteiger charge is -2.11. The molecule has 2 heteroatoms. The van der Waals surface area contributed by atoms with Gasteiger partial charge in [0.1, 0.15) is 0 Å². The van der Waals surface area contributed by atoms with E-state index < -0.39 is 0 Å². The summed E-state index contributed by atoms with van der Waals surface area (Å²) < 4.78 is 5.09. The molecule has 0 N–H and O–H groups in total. The van der Waals surface area contributed by atoms with E-state index in [2.05, 4.69) is 26.8 Å². The highest BCUT2D eigenvalue weighted by Gasteiger charge is 2.10. The van der Waals surface area contributed by atoms with Crippen LogP contribution in [-0.2, 0) is 9.53 Å². The van der Waals surface area contributed by atoms with Crippen molar-refractivity contribution >= 4 is 5.97 Å². The van der Waals surface area contributed by atoms with Crippen molar-refractivity contribution in [2.75, 3.05) is 0 Å². The minimum atomic E-state index is -0.0744. The molecule has 0 aromatic rings. The molecule has 0 amide bonds. The zero-order chi connectivity index (χ0) is 11.8. The predicted octanol–water partition coefficient (Wildman–Crippen LogP) is 3.71. The molecule has 0 heterocycles. The molecule has 0 bridgehead atoms. The van der Waals surface area contributed by atoms with E-state index in [-0.39, 0.29) is 12.1 Å². The number of allylic oxidation sites excluding steroid dienone is 2. The Morgan fingerprint density at radius 2 is 1.87 bits per heavy atom. The second-order valence-electron chi connectivity index (χ2n) is 4.71. The fourth-order valence-electron chi connectivity index (χ4n) is 1.35. The first kappa shape index (κ1) is 14.2. The third-order valence-electron chi connectivity index (χ3n) is 2.09. The summed E-state index contributed by atoms with van der Waals surface area (Å²) in [5.41, 5.74) is 1.34. The molecule has 2 nitrogen and oxygen atoms in total. The molecule has 0 aliphatic heterocycles. The highest BCUT2D eigenvalue weighted by molar-refractivity contribution is 5.69. The van der Waals surface area contributed by atoms with Crippen molar-refractivity contribution in [2.45, 2.75) is 60.0 Å². The summed E-state index contributed by atoms with van der Waals surface area (Å²) in [6, 6.07) is 0. The van der Waals surface area contributed by atoms with Gasteiger partial charge in [-0.2, -0.15) is 0 Å². The number of hydrogen-bond acceptors (Lipinski definition) is 2. The number of hydrogen-bond donors (Lipinski definition) is 0. The lowest BCUT2D eigenvalue weighted by Crippen LogP contribution is -2.14. The zero-order valence-corrected chi connectivity index (χ0v) is 10.7. The molecule has 0 radical (unpaired) electrons. The second kappa shape index (κ2) is 7.49. The first-order valence-corrected chi connectivity index (χ1v) is 5.74. The normalized spacial score (nSPS) is 12.4. The quantitative estimate of drug-likeness (QED) is 0.495. The molecular formula is C13H24O2. The van der Waals surface area contributed by atoms with E-state index in [9.17, 15) is 4.79 Å². The Bertz CT molecular complexity index is 213. The van der Waals surface area contributed by atoms with Gasteiger partial charge in [-0.25, -0.2) is 0 Å². The summed E-state index contributed by atoms with van der Waals surface area (Å²) >= 11 is 0. The Kier molecular flexibility index (Phi) is 7.10. The van der Waals surface area contributed by atoms with Crippen LogP contribution in [-0.4, -0.2) is 12.1 Å². The van der Waals surface area contributed by atoms with Gasteiger partial charge in [-0.1, -0.05) is 18.6 Å². The monoisotopic (exact) mass is 212 g/mol. The Morgan fingerprint density at radius 1 is 1.27 bits per heavy atom. The van der Waals surface area contributed by atoms with Gasteiger partial charge in [0.15, 0.2) is 0 Å². The van der Waals surface area contributed by atoms with Crippen LogP contribution in [0.1, 0.15) is 53.9 Å². The van der Waals surface area contributed by atoms with Crippen molar-refractivity contribution in [2.24, 2.45) is 5.92 Å². The van der Waals surface area contributed by atoms with E-state index >= 15 is 0 Å². The highest BCUT2D eigenvalue weighted by atomic mass is 16.5. The van der Waals surface area contributed by atoms with Crippen LogP contribution in [0.25, 0.3) is 0 Å². The molecule has 88 valence electrons. The van der Waals surface area contributed by atoms with E-state index in [0.717, 1.165) is 12.8 Å². The summed E-state index contributed by atoms with van der Waals surface area (Å²) in [6.45, 7) is 10.0. The lowest BCUT2D eigenvalue weighted by atomic mass is 10.0. The topological polar surface area (TPSA) is 26.3 Å². The SMILES string of the molecule is CC(C)=CCC[C@H](C)CC(=O)OC(C)C. The molecule has 0 aromatic carbocycles. The molecule has 0 saturated carbocycles. The fraction of sp³-hybridized carbons (Fsp3) is 0.769. The Balaban J connectivity index is 3.69. The van der Waals surface area contributed by atoms with Crippen LogP contribution in [0.2, 0.25) is 0 Å². The molecule has 0 saturated heterocycles. The molecule has 0 rings (SSSR count). The summed E-state index contributed by atoms with van der Waals surface area (Å²) in [7, 11) is 0. The standard InChI is InChI=1S/C13H24O2/c1-10(2)7-6-8-12(5)9-13(14)15-11(3)4/h7,11-12H,6,8-9H2,1-5H3/t12-/m0/s1. The maximum Gasteiger partial charge on any atom is 0.306 e. The van der Waals surface area contributed by atoms with Gasteiger partial charge >= 0.3 is 5.97 Å². The molecule has 0 aliphatic rings. The molecule has 15 heavy (non-hydrogen) atoms. The smallest absolute Gasteiger partial charge is 0.306 e. The van der Waals surface area contributed by atoms with Gasteiger partial charge < -0.3 is 4.74 Å². The molecule has 1 atom stereocenters. The number of carbonyl (C=O) groups excluding carboxylic acids is 1. The van der Waals surface area contributed by atoms with Crippen LogP contribution in [0.4, 0.5) is 0 Å². The summed E-state index contributed by atoms with van der Waals surface area (Å²) in [6.07, 6.45) is 4.86. The van der Waals surface area contributed by atoms with Crippen LogP contribution >= 0.6 is 0 Å². The van der Waals surface area contributed by atoms with Crippen LogP contribution in [0, 0.1) is 5.92 Å². The molecule has 0 unspecified atom stereocenters. The predicted molar refractivity (Wildman–Crippen MR) is 63.7 cm³/mol. The van der Waals surface area contributed by atoms with Gasteiger partial charge in [-0.15, -0.1) is 0 Å². The average molecular weight is 212 g/mol. The summed E-state index contributed by atoms with van der Waals surface area (Å²) in [5, 5.41) is 0. The molecule has 0 fully saturated rings. The van der Waals surface area contributed by atoms with Gasteiger partial charge in [0.2, 0.25) is 0 Å². The van der Waals surface area contributed by atoms with E-state index in [4.69, 9.17) is 4.74 Å². The number of rotatable bonds is 6. The summed E-state index contributed by atoms with van der Waals surface area (Å²) in [5.74, 6) is 0.335. The Morgan fingerprint density at radius 3 is 2.33 bits per heavy atom. The van der Waals surface area contributed by atoms with Crippen molar-refractivity contribution in [1.82, 2.24) is 0 Å². The number of carbonyl (C=O) groups is 1. The van der Waals surface area contributed by atoms with E-state index in [1.807, 2.05) is 13.8 Å². The first-order valence-electron chi connectivity index (χ1n) is 5.74. The van der Waals surface area contributed by atoms with Crippen LogP contribution in [0.15, 0.2) is 11.6 Å². The lowest BCUT2D eigenvalue weighted by molar-refractivity contribution is -0.148. The van der Waals surface area contributed by atoms with Crippen molar-refractivity contribution in [1.29, 1.82) is 0 Å². The van der Waals surface area contributed by atoms with Gasteiger partial charge in [0, 0.05) is 6.42 Å². The van der Waals surface area contributed by atoms with Crippen molar-refractivity contribution in [3.05, 3.63) is 11.6 Å². The van der Waals surface area contributed by atoms with Gasteiger partial charge in [-0.3, -0.25) is 4.79 Å². The van der Waals surface area contributed by atoms with Crippen molar-refractivity contribution in [3.63, 3.8) is 0 Å². The maximum atomic E-state index is 11.3. The zero-order valence-electron chi connectivity index (χ0n) is 10.7. The van der Waals surface area contributed by atoms with Gasteiger partial charge in [0.05, 0.1) is 6.10 Å². The first-order chi connectivity index (χ1) is 6.91. The van der Waals surface area contributed by atoms with Crippen LogP contribution < -0.4 is 0 Å². The van der Waals surface area contributed by atoms with E-state index in [0.29, 0.717) is 12.3 Å². The van der Waals surface area contributed by atoms with E-state index in [1.54, 1.807) is 0 Å². The van der Waals surface area contributed by atoms with Crippen LogP contribution in [0.3, 0.4) is 0 Å². The largest absolute Gasteiger partial charge is 0.463 e.